The summed E-state index contributed by atoms with van der Waals surface area (Å²) in [6, 6.07) is 27.2. The van der Waals surface area contributed by atoms with Gasteiger partial charge in [0.1, 0.15) is 0 Å². The number of fused-ring (bicyclic) bond motifs is 2. The topological polar surface area (TPSA) is 0 Å². The molecule has 0 nitrogen and oxygen atoms in total. The maximum absolute atomic E-state index is 2.48. The van der Waals surface area contributed by atoms with Crippen molar-refractivity contribution in [1.29, 1.82) is 0 Å². The minimum absolute atomic E-state index is 0. The van der Waals surface area contributed by atoms with Gasteiger partial charge in [-0.25, -0.2) is 0 Å². The van der Waals surface area contributed by atoms with E-state index in [1.807, 2.05) is 0 Å². The maximum Gasteiger partial charge on any atom is 0 e. The van der Waals surface area contributed by atoms with Gasteiger partial charge in [0.05, 0.1) is 0 Å². The summed E-state index contributed by atoms with van der Waals surface area (Å²) in [5, 5.41) is 5.46. The Bertz CT molecular complexity index is 1110. The van der Waals surface area contributed by atoms with Crippen LogP contribution in [0.15, 0.2) is 72.8 Å². The van der Waals surface area contributed by atoms with E-state index < -0.39 is 0 Å². The average molecular weight is 457 g/mol. The summed E-state index contributed by atoms with van der Waals surface area (Å²) in [6.45, 7) is 2.40. The molecule has 0 N–H and O–H groups in total. The molecule has 4 aromatic carbocycles. The minimum Gasteiger partial charge on any atom is -0.164 e. The molecular formula is C28H29Zr-. The van der Waals surface area contributed by atoms with Gasteiger partial charge in [-0.1, -0.05) is 86.7 Å². The van der Waals surface area contributed by atoms with Crippen molar-refractivity contribution in [3.63, 3.8) is 0 Å². The Morgan fingerprint density at radius 1 is 0.793 bits per heavy atom. The zero-order chi connectivity index (χ0) is 19.0. The van der Waals surface area contributed by atoms with Crippen molar-refractivity contribution >= 4 is 21.5 Å². The van der Waals surface area contributed by atoms with E-state index in [1.54, 1.807) is 0 Å². The Morgan fingerprint density at radius 3 is 2.28 bits per heavy atom. The van der Waals surface area contributed by atoms with Crippen molar-refractivity contribution in [1.82, 2.24) is 0 Å². The van der Waals surface area contributed by atoms with Crippen molar-refractivity contribution in [2.75, 3.05) is 0 Å². The molecule has 0 bridgehead atoms. The van der Waals surface area contributed by atoms with Gasteiger partial charge < -0.3 is 0 Å². The molecule has 0 unspecified atom stereocenters. The Balaban J connectivity index is 0.00000205. The van der Waals surface area contributed by atoms with Gasteiger partial charge in [-0.05, 0) is 41.0 Å². The summed E-state index contributed by atoms with van der Waals surface area (Å²) < 4.78 is 0. The van der Waals surface area contributed by atoms with Gasteiger partial charge in [0.15, 0.2) is 0 Å². The molecule has 0 amide bonds. The second kappa shape index (κ2) is 8.65. The zero-order valence-corrected chi connectivity index (χ0v) is 19.8. The Labute approximate surface area is 193 Å². The van der Waals surface area contributed by atoms with Crippen molar-refractivity contribution in [3.05, 3.63) is 78.4 Å². The van der Waals surface area contributed by atoms with Gasteiger partial charge >= 0.3 is 0 Å². The van der Waals surface area contributed by atoms with E-state index in [1.165, 1.54) is 83.2 Å². The molecular weight excluding hydrogens is 428 g/mol. The fourth-order valence-electron chi connectivity index (χ4n) is 5.48. The molecule has 5 rings (SSSR count). The van der Waals surface area contributed by atoms with Crippen molar-refractivity contribution < 1.29 is 26.2 Å². The molecule has 29 heavy (non-hydrogen) atoms. The van der Waals surface area contributed by atoms with Crippen LogP contribution in [0.25, 0.3) is 32.7 Å². The van der Waals surface area contributed by atoms with Gasteiger partial charge in [0.25, 0.3) is 0 Å². The van der Waals surface area contributed by atoms with Gasteiger partial charge in [0.2, 0.25) is 0 Å². The molecule has 1 heteroatoms. The second-order valence-electron chi connectivity index (χ2n) is 8.79. The third kappa shape index (κ3) is 3.91. The molecule has 0 heterocycles. The summed E-state index contributed by atoms with van der Waals surface area (Å²) in [5.74, 6) is 0. The number of rotatable bonds is 4. The first-order valence-corrected chi connectivity index (χ1v) is 10.9. The van der Waals surface area contributed by atoms with Gasteiger partial charge in [-0.15, -0.1) is 34.5 Å². The molecule has 1 aliphatic carbocycles. The van der Waals surface area contributed by atoms with Crippen LogP contribution in [-0.2, 0) is 32.6 Å². The number of hydrogen-bond donors (Lipinski definition) is 0. The minimum atomic E-state index is 0. The number of benzene rings is 3. The molecule has 1 saturated carbocycles. The van der Waals surface area contributed by atoms with E-state index in [9.17, 15) is 0 Å². The van der Waals surface area contributed by atoms with Crippen LogP contribution in [0.5, 0.6) is 0 Å². The predicted molar refractivity (Wildman–Crippen MR) is 122 cm³/mol. The summed E-state index contributed by atoms with van der Waals surface area (Å²) in [6.07, 6.45) is 9.61. The van der Waals surface area contributed by atoms with Crippen LogP contribution in [0.1, 0.15) is 51.0 Å². The monoisotopic (exact) mass is 455 g/mol. The second-order valence-corrected chi connectivity index (χ2v) is 8.79. The van der Waals surface area contributed by atoms with Gasteiger partial charge in [0, 0.05) is 26.2 Å². The third-order valence-corrected chi connectivity index (χ3v) is 7.13. The first-order chi connectivity index (χ1) is 13.8. The Morgan fingerprint density at radius 2 is 1.48 bits per heavy atom. The van der Waals surface area contributed by atoms with Crippen LogP contribution in [0.2, 0.25) is 0 Å². The summed E-state index contributed by atoms with van der Waals surface area (Å²) in [5.41, 5.74) is 4.78. The van der Waals surface area contributed by atoms with Crippen molar-refractivity contribution in [3.8, 4) is 11.1 Å². The zero-order valence-electron chi connectivity index (χ0n) is 17.4. The van der Waals surface area contributed by atoms with Crippen LogP contribution in [0, 0.1) is 5.41 Å². The Hall–Kier alpha value is -1.59. The average Bonchev–Trinajstić information content (AvgIpc) is 3.16. The first-order valence-electron chi connectivity index (χ1n) is 10.9. The van der Waals surface area contributed by atoms with Crippen molar-refractivity contribution in [2.45, 2.75) is 51.9 Å². The van der Waals surface area contributed by atoms with Crippen LogP contribution >= 0.6 is 0 Å². The molecule has 0 radical (unpaired) electrons. The molecule has 4 aromatic rings. The fraction of sp³-hybridized carbons (Fsp3) is 0.321. The first kappa shape index (κ1) is 20.7. The molecule has 1 fully saturated rings. The van der Waals surface area contributed by atoms with Crippen LogP contribution < -0.4 is 0 Å². The summed E-state index contributed by atoms with van der Waals surface area (Å²) in [7, 11) is 0. The molecule has 0 aromatic heterocycles. The smallest absolute Gasteiger partial charge is 0 e. The summed E-state index contributed by atoms with van der Waals surface area (Å²) >= 11 is 0. The normalized spacial score (nSPS) is 16.0. The fourth-order valence-corrected chi connectivity index (χ4v) is 5.48. The van der Waals surface area contributed by atoms with E-state index in [4.69, 9.17) is 0 Å². The van der Waals surface area contributed by atoms with E-state index in [2.05, 4.69) is 79.7 Å². The SMILES string of the molecule is CCC1(Cc2cc3c(-c4cccc5ccccc45)cccc3[cH-]2)CCCCC1.[Zr]. The van der Waals surface area contributed by atoms with E-state index in [-0.39, 0.29) is 26.2 Å². The molecule has 0 atom stereocenters. The molecule has 1 aliphatic rings. The van der Waals surface area contributed by atoms with E-state index >= 15 is 0 Å². The van der Waals surface area contributed by atoms with Crippen LogP contribution in [-0.4, -0.2) is 0 Å². The van der Waals surface area contributed by atoms with Crippen LogP contribution in [0.3, 0.4) is 0 Å². The van der Waals surface area contributed by atoms with Crippen molar-refractivity contribution in [2.24, 2.45) is 5.41 Å². The summed E-state index contributed by atoms with van der Waals surface area (Å²) in [4.78, 5) is 0. The van der Waals surface area contributed by atoms with Crippen LogP contribution in [0.4, 0.5) is 0 Å². The van der Waals surface area contributed by atoms with Gasteiger partial charge in [-0.3, -0.25) is 0 Å². The molecule has 0 saturated heterocycles. The molecule has 0 spiro atoms. The number of hydrogen-bond acceptors (Lipinski definition) is 0. The van der Waals surface area contributed by atoms with E-state index in [0.29, 0.717) is 5.41 Å². The molecule has 146 valence electrons. The third-order valence-electron chi connectivity index (χ3n) is 7.13. The Kier molecular flexibility index (Phi) is 6.17. The molecule has 0 aliphatic heterocycles. The standard InChI is InChI=1S/C28H29.Zr/c1-2-28(16-6-3-7-17-28)20-21-18-23-12-9-15-26(27(23)19-21)25-14-8-11-22-10-4-5-13-24(22)25;/h4-5,8-15,18-19H,2-3,6-7,16-17,20H2,1H3;/q-1;. The van der Waals surface area contributed by atoms with Gasteiger partial charge in [-0.2, -0.15) is 6.07 Å². The van der Waals surface area contributed by atoms with E-state index in [0.717, 1.165) is 0 Å². The predicted octanol–water partition coefficient (Wildman–Crippen LogP) is 8.28. The largest absolute Gasteiger partial charge is 0.164 e. The quantitative estimate of drug-likeness (QED) is 0.271. The maximum atomic E-state index is 2.48.